The van der Waals surface area contributed by atoms with Gasteiger partial charge < -0.3 is 0 Å². The number of aryl methyl sites for hydroxylation is 3. The largest absolute Gasteiger partial charge is 0.293 e. The topological polar surface area (TPSA) is 52.0 Å². The van der Waals surface area contributed by atoms with E-state index in [1.54, 1.807) is 40.2 Å². The number of halogens is 1. The molecule has 32 heavy (non-hydrogen) atoms. The van der Waals surface area contributed by atoms with Crippen molar-refractivity contribution in [2.75, 3.05) is 5.75 Å². The number of nitrogens with zero attached hydrogens (tertiary/aromatic N) is 2. The Hall–Kier alpha value is -2.41. The quantitative estimate of drug-likeness (QED) is 0.176. The van der Waals surface area contributed by atoms with Crippen molar-refractivity contribution in [3.05, 3.63) is 91.0 Å². The second-order valence-corrected chi connectivity index (χ2v) is 10.1. The van der Waals surface area contributed by atoms with Crippen molar-refractivity contribution in [3.63, 3.8) is 0 Å². The summed E-state index contributed by atoms with van der Waals surface area (Å²) in [5.41, 5.74) is 3.74. The van der Waals surface area contributed by atoms with E-state index in [1.807, 2.05) is 38.1 Å². The van der Waals surface area contributed by atoms with E-state index in [2.05, 4.69) is 6.92 Å². The lowest BCUT2D eigenvalue weighted by Crippen LogP contribution is -2.24. The first kappa shape index (κ1) is 22.8. The molecule has 2 aromatic carbocycles. The van der Waals surface area contributed by atoms with E-state index in [-0.39, 0.29) is 17.1 Å². The van der Waals surface area contributed by atoms with Crippen LogP contribution in [0.5, 0.6) is 0 Å². The third-order valence-electron chi connectivity index (χ3n) is 5.40. The molecule has 164 valence electrons. The van der Waals surface area contributed by atoms with Gasteiger partial charge in [0.05, 0.1) is 17.7 Å². The van der Waals surface area contributed by atoms with E-state index in [0.29, 0.717) is 27.7 Å². The molecule has 0 N–H and O–H groups in total. The van der Waals surface area contributed by atoms with Crippen LogP contribution in [0.4, 0.5) is 0 Å². The fourth-order valence-corrected chi connectivity index (χ4v) is 5.73. The van der Waals surface area contributed by atoms with Gasteiger partial charge in [0.15, 0.2) is 10.9 Å². The van der Waals surface area contributed by atoms with Gasteiger partial charge in [-0.2, -0.15) is 0 Å². The van der Waals surface area contributed by atoms with Crippen LogP contribution >= 0.6 is 34.7 Å². The molecule has 0 spiro atoms. The van der Waals surface area contributed by atoms with Crippen LogP contribution in [-0.2, 0) is 13.0 Å². The Morgan fingerprint density at radius 1 is 1.09 bits per heavy atom. The summed E-state index contributed by atoms with van der Waals surface area (Å²) >= 11 is 8.80. The number of ketones is 1. The monoisotopic (exact) mass is 482 g/mol. The summed E-state index contributed by atoms with van der Waals surface area (Å²) in [4.78, 5) is 33.0. The lowest BCUT2D eigenvalue weighted by atomic mass is 10.1. The lowest BCUT2D eigenvalue weighted by Gasteiger charge is -2.12. The fourth-order valence-electron chi connectivity index (χ4n) is 3.56. The van der Waals surface area contributed by atoms with Crippen LogP contribution in [0.15, 0.2) is 58.5 Å². The third-order valence-corrected chi connectivity index (χ3v) is 7.95. The maximum Gasteiger partial charge on any atom is 0.263 e. The third kappa shape index (κ3) is 4.68. The highest BCUT2D eigenvalue weighted by molar-refractivity contribution is 7.99. The summed E-state index contributed by atoms with van der Waals surface area (Å²) in [6, 6.07) is 15.0. The van der Waals surface area contributed by atoms with Crippen LogP contribution in [0.25, 0.3) is 10.2 Å². The van der Waals surface area contributed by atoms with Crippen LogP contribution in [0.3, 0.4) is 0 Å². The highest BCUT2D eigenvalue weighted by Crippen LogP contribution is 2.30. The summed E-state index contributed by atoms with van der Waals surface area (Å²) in [7, 11) is 0. The van der Waals surface area contributed by atoms with Crippen LogP contribution in [0, 0.1) is 13.8 Å². The zero-order valence-corrected chi connectivity index (χ0v) is 20.5. The Bertz CT molecular complexity index is 1340. The highest BCUT2D eigenvalue weighted by Gasteiger charge is 2.19. The molecular weight excluding hydrogens is 460 g/mol. The number of thiophene rings is 1. The number of aromatic nitrogens is 2. The van der Waals surface area contributed by atoms with Crippen molar-refractivity contribution in [3.8, 4) is 0 Å². The molecule has 0 saturated heterocycles. The van der Waals surface area contributed by atoms with Gasteiger partial charge in [-0.05, 0) is 55.7 Å². The Morgan fingerprint density at radius 3 is 2.44 bits per heavy atom. The first-order valence-electron chi connectivity index (χ1n) is 10.4. The summed E-state index contributed by atoms with van der Waals surface area (Å²) in [5.74, 6) is 0.165. The Kier molecular flexibility index (Phi) is 6.84. The molecule has 0 amide bonds. The number of Topliss-reactive ketones (excluding diaryl/α,β-unsaturated/α-hetero) is 1. The molecule has 0 bridgehead atoms. The van der Waals surface area contributed by atoms with Crippen LogP contribution in [0.1, 0.15) is 38.8 Å². The van der Waals surface area contributed by atoms with Gasteiger partial charge in [0.25, 0.3) is 5.56 Å². The smallest absolute Gasteiger partial charge is 0.263 e. The molecule has 0 fully saturated rings. The fraction of sp³-hybridized carbons (Fsp3) is 0.240. The van der Waals surface area contributed by atoms with Gasteiger partial charge in [0.1, 0.15) is 4.83 Å². The van der Waals surface area contributed by atoms with Crippen LogP contribution in [0.2, 0.25) is 5.02 Å². The second kappa shape index (κ2) is 9.61. The minimum absolute atomic E-state index is 0.0282. The molecule has 7 heteroatoms. The molecule has 0 radical (unpaired) electrons. The maximum atomic E-state index is 13.5. The number of carbonyl (C=O) groups excluding carboxylic acids is 1. The number of benzene rings is 2. The molecule has 0 unspecified atom stereocenters. The van der Waals surface area contributed by atoms with Gasteiger partial charge in [-0.3, -0.25) is 14.2 Å². The molecular formula is C25H23ClN2O2S2. The number of thioether (sulfide) groups is 1. The predicted molar refractivity (Wildman–Crippen MR) is 135 cm³/mol. The molecule has 4 rings (SSSR count). The molecule has 2 aromatic heterocycles. The Labute approximate surface area is 200 Å². The van der Waals surface area contributed by atoms with E-state index < -0.39 is 0 Å². The standard InChI is InChI=1S/C25H23ClN2O2S2/c1-4-21-16(3)22-23(32-21)27-25(31-14-20(29)18-9-11-19(26)12-10-18)28(24(22)30)13-17-7-5-15(2)6-8-17/h5-12H,4,13-14H2,1-3H3. The van der Waals surface area contributed by atoms with Gasteiger partial charge in [0, 0.05) is 15.5 Å². The SMILES string of the molecule is CCc1sc2nc(SCC(=O)c3ccc(Cl)cc3)n(Cc3ccc(C)cc3)c(=O)c2c1C. The zero-order valence-electron chi connectivity index (χ0n) is 18.1. The average molecular weight is 483 g/mol. The molecule has 0 atom stereocenters. The van der Waals surface area contributed by atoms with Crippen molar-refractivity contribution < 1.29 is 4.79 Å². The summed E-state index contributed by atoms with van der Waals surface area (Å²) in [5, 5.41) is 1.84. The summed E-state index contributed by atoms with van der Waals surface area (Å²) in [6.45, 7) is 6.53. The van der Waals surface area contributed by atoms with E-state index in [0.717, 1.165) is 22.4 Å². The normalized spacial score (nSPS) is 11.2. The van der Waals surface area contributed by atoms with Crippen LogP contribution in [-0.4, -0.2) is 21.1 Å². The van der Waals surface area contributed by atoms with Crippen molar-refractivity contribution in [2.24, 2.45) is 0 Å². The van der Waals surface area contributed by atoms with Gasteiger partial charge in [-0.15, -0.1) is 11.3 Å². The number of hydrogen-bond acceptors (Lipinski definition) is 5. The van der Waals surface area contributed by atoms with E-state index in [4.69, 9.17) is 16.6 Å². The minimum Gasteiger partial charge on any atom is -0.293 e. The number of rotatable bonds is 7. The minimum atomic E-state index is -0.0505. The van der Waals surface area contributed by atoms with Crippen LogP contribution < -0.4 is 5.56 Å². The summed E-state index contributed by atoms with van der Waals surface area (Å²) in [6.07, 6.45) is 0.863. The maximum absolute atomic E-state index is 13.5. The number of fused-ring (bicyclic) bond motifs is 1. The zero-order chi connectivity index (χ0) is 22.8. The second-order valence-electron chi connectivity index (χ2n) is 7.67. The first-order chi connectivity index (χ1) is 15.4. The van der Waals surface area contributed by atoms with E-state index in [1.165, 1.54) is 22.2 Å². The van der Waals surface area contributed by atoms with Gasteiger partial charge >= 0.3 is 0 Å². The Balaban J connectivity index is 1.73. The first-order valence-corrected chi connectivity index (χ1v) is 12.5. The van der Waals surface area contributed by atoms with Crippen molar-refractivity contribution in [1.29, 1.82) is 0 Å². The molecule has 2 heterocycles. The highest BCUT2D eigenvalue weighted by atomic mass is 35.5. The predicted octanol–water partition coefficient (Wildman–Crippen LogP) is 6.31. The van der Waals surface area contributed by atoms with Crippen molar-refractivity contribution >= 4 is 50.7 Å². The van der Waals surface area contributed by atoms with E-state index in [9.17, 15) is 9.59 Å². The van der Waals surface area contributed by atoms with Crippen molar-refractivity contribution in [2.45, 2.75) is 38.9 Å². The molecule has 0 aliphatic rings. The lowest BCUT2D eigenvalue weighted by molar-refractivity contribution is 0.102. The molecule has 0 aliphatic carbocycles. The van der Waals surface area contributed by atoms with Crippen molar-refractivity contribution in [1.82, 2.24) is 9.55 Å². The number of hydrogen-bond donors (Lipinski definition) is 0. The molecule has 0 aliphatic heterocycles. The summed E-state index contributed by atoms with van der Waals surface area (Å²) < 4.78 is 1.70. The number of carbonyl (C=O) groups is 1. The molecule has 4 nitrogen and oxygen atoms in total. The molecule has 4 aromatic rings. The van der Waals surface area contributed by atoms with Gasteiger partial charge in [0.2, 0.25) is 0 Å². The molecule has 0 saturated carbocycles. The van der Waals surface area contributed by atoms with E-state index >= 15 is 0 Å². The Morgan fingerprint density at radius 2 is 1.78 bits per heavy atom. The van der Waals surface area contributed by atoms with Gasteiger partial charge in [-0.1, -0.05) is 60.1 Å². The average Bonchev–Trinajstić information content (AvgIpc) is 3.11. The van der Waals surface area contributed by atoms with Gasteiger partial charge in [-0.25, -0.2) is 4.98 Å².